The van der Waals surface area contributed by atoms with E-state index in [0.717, 1.165) is 0 Å². The molecule has 0 spiro atoms. The van der Waals surface area contributed by atoms with E-state index >= 15 is 0 Å². The highest BCUT2D eigenvalue weighted by atomic mass is 127. The molecule has 0 aliphatic carbocycles. The Morgan fingerprint density at radius 1 is 1.56 bits per heavy atom. The minimum absolute atomic E-state index is 0. The molecule has 0 aliphatic heterocycles. The van der Waals surface area contributed by atoms with Crippen molar-refractivity contribution in [2.45, 2.75) is 6.92 Å². The van der Waals surface area contributed by atoms with Crippen molar-refractivity contribution in [3.63, 3.8) is 0 Å². The molecule has 52 valence electrons. The van der Waals surface area contributed by atoms with Gasteiger partial charge in [0.15, 0.2) is 0 Å². The normalized spacial score (nSPS) is 8.78. The SMILES string of the molecule is Cc1cn(C)c[n+]1C.I. The molecule has 1 aromatic heterocycles. The highest BCUT2D eigenvalue weighted by Gasteiger charge is 1.98. The fourth-order valence-corrected chi connectivity index (χ4v) is 0.783. The average Bonchev–Trinajstić information content (AvgIpc) is 1.85. The fraction of sp³-hybridized carbons (Fsp3) is 0.500. The number of rotatable bonds is 0. The molecule has 2 nitrogen and oxygen atoms in total. The van der Waals surface area contributed by atoms with Gasteiger partial charge in [0.05, 0.1) is 14.1 Å². The lowest BCUT2D eigenvalue weighted by atomic mass is 10.5. The quantitative estimate of drug-likeness (QED) is 0.467. The Labute approximate surface area is 72.5 Å². The van der Waals surface area contributed by atoms with Crippen LogP contribution in [0.4, 0.5) is 0 Å². The van der Waals surface area contributed by atoms with Gasteiger partial charge in [0.1, 0.15) is 11.9 Å². The van der Waals surface area contributed by atoms with Crippen molar-refractivity contribution in [2.75, 3.05) is 0 Å². The molecule has 0 bridgehead atoms. The van der Waals surface area contributed by atoms with Crippen molar-refractivity contribution in [1.82, 2.24) is 4.57 Å². The van der Waals surface area contributed by atoms with Gasteiger partial charge in [-0.2, -0.15) is 0 Å². The zero-order valence-electron chi connectivity index (χ0n) is 5.96. The number of nitrogens with zero attached hydrogens (tertiary/aromatic N) is 2. The molecule has 0 unspecified atom stereocenters. The first kappa shape index (κ1) is 8.94. The van der Waals surface area contributed by atoms with Gasteiger partial charge in [-0.25, -0.2) is 9.13 Å². The number of hydrogen-bond acceptors (Lipinski definition) is 0. The third kappa shape index (κ3) is 1.97. The minimum atomic E-state index is 0. The fourth-order valence-electron chi connectivity index (χ4n) is 0.783. The van der Waals surface area contributed by atoms with Gasteiger partial charge < -0.3 is 0 Å². The van der Waals surface area contributed by atoms with Crippen LogP contribution in [0.1, 0.15) is 5.69 Å². The molecule has 3 heteroatoms. The molecule has 0 saturated carbocycles. The third-order valence-electron chi connectivity index (χ3n) is 1.30. The third-order valence-corrected chi connectivity index (χ3v) is 1.30. The molecule has 1 rings (SSSR count). The van der Waals surface area contributed by atoms with Crippen molar-refractivity contribution in [2.24, 2.45) is 14.1 Å². The molecule has 0 saturated heterocycles. The van der Waals surface area contributed by atoms with Gasteiger partial charge in [0.2, 0.25) is 6.33 Å². The van der Waals surface area contributed by atoms with E-state index in [1.807, 2.05) is 25.0 Å². The van der Waals surface area contributed by atoms with Crippen LogP contribution in [-0.2, 0) is 14.1 Å². The number of halogens is 1. The molecule has 0 radical (unpaired) electrons. The van der Waals surface area contributed by atoms with Gasteiger partial charge in [0, 0.05) is 6.92 Å². The second-order valence-electron chi connectivity index (χ2n) is 2.16. The minimum Gasteiger partial charge on any atom is -0.239 e. The summed E-state index contributed by atoms with van der Waals surface area (Å²) in [6.07, 6.45) is 4.12. The Morgan fingerprint density at radius 3 is 2.22 bits per heavy atom. The summed E-state index contributed by atoms with van der Waals surface area (Å²) in [5.74, 6) is 0. The van der Waals surface area contributed by atoms with E-state index in [1.54, 1.807) is 0 Å². The maximum atomic E-state index is 2.08. The van der Waals surface area contributed by atoms with E-state index in [9.17, 15) is 0 Å². The van der Waals surface area contributed by atoms with E-state index in [2.05, 4.69) is 17.7 Å². The van der Waals surface area contributed by atoms with Gasteiger partial charge in [-0.05, 0) is 0 Å². The first-order valence-corrected chi connectivity index (χ1v) is 2.68. The van der Waals surface area contributed by atoms with Crippen LogP contribution in [0.3, 0.4) is 0 Å². The van der Waals surface area contributed by atoms with Crippen LogP contribution in [0.2, 0.25) is 0 Å². The summed E-state index contributed by atoms with van der Waals surface area (Å²) < 4.78 is 4.12. The number of hydrogen-bond donors (Lipinski definition) is 0. The molecule has 1 aromatic rings. The van der Waals surface area contributed by atoms with Crippen molar-refractivity contribution in [3.05, 3.63) is 18.2 Å². The predicted molar refractivity (Wildman–Crippen MR) is 46.7 cm³/mol. The lowest BCUT2D eigenvalue weighted by Gasteiger charge is -1.78. The zero-order chi connectivity index (χ0) is 6.15. The lowest BCUT2D eigenvalue weighted by molar-refractivity contribution is -0.676. The summed E-state index contributed by atoms with van der Waals surface area (Å²) >= 11 is 0. The molecule has 0 aliphatic rings. The molecule has 0 amide bonds. The summed E-state index contributed by atoms with van der Waals surface area (Å²) in [6.45, 7) is 2.08. The van der Waals surface area contributed by atoms with Crippen molar-refractivity contribution in [1.29, 1.82) is 0 Å². The Kier molecular flexibility index (Phi) is 3.17. The van der Waals surface area contributed by atoms with E-state index in [0.29, 0.717) is 0 Å². The molecule has 0 fully saturated rings. The number of imidazole rings is 1. The molecular formula is C6H12IN2+. The highest BCUT2D eigenvalue weighted by Crippen LogP contribution is 1.84. The van der Waals surface area contributed by atoms with Crippen LogP contribution in [0.5, 0.6) is 0 Å². The Bertz CT molecular complexity index is 173. The number of aromatic nitrogens is 2. The van der Waals surface area contributed by atoms with Gasteiger partial charge >= 0.3 is 0 Å². The summed E-state index contributed by atoms with van der Waals surface area (Å²) in [5.41, 5.74) is 1.28. The van der Waals surface area contributed by atoms with Gasteiger partial charge in [-0.3, -0.25) is 0 Å². The molecular weight excluding hydrogens is 227 g/mol. The molecule has 0 atom stereocenters. The van der Waals surface area contributed by atoms with Gasteiger partial charge in [-0.15, -0.1) is 24.0 Å². The summed E-state index contributed by atoms with van der Waals surface area (Å²) in [6, 6.07) is 0. The smallest absolute Gasteiger partial charge is 0.239 e. The first-order valence-electron chi connectivity index (χ1n) is 2.68. The van der Waals surface area contributed by atoms with Crippen LogP contribution < -0.4 is 4.57 Å². The standard InChI is InChI=1S/C6H11N2.HI/c1-6-4-7(2)5-8(6)3;/h4-5H,1-3H3;1H/q+1;. The summed E-state index contributed by atoms with van der Waals surface area (Å²) in [5, 5.41) is 0. The van der Waals surface area contributed by atoms with Crippen molar-refractivity contribution in [3.8, 4) is 0 Å². The van der Waals surface area contributed by atoms with E-state index in [-0.39, 0.29) is 24.0 Å². The van der Waals surface area contributed by atoms with Crippen LogP contribution in [-0.4, -0.2) is 4.57 Å². The molecule has 1 heterocycles. The maximum absolute atomic E-state index is 2.08. The summed E-state index contributed by atoms with van der Waals surface area (Å²) in [7, 11) is 4.06. The summed E-state index contributed by atoms with van der Waals surface area (Å²) in [4.78, 5) is 0. The second-order valence-corrected chi connectivity index (χ2v) is 2.16. The van der Waals surface area contributed by atoms with Crippen LogP contribution in [0.15, 0.2) is 12.5 Å². The largest absolute Gasteiger partial charge is 0.243 e. The Hall–Kier alpha value is -0.0600. The Morgan fingerprint density at radius 2 is 2.11 bits per heavy atom. The van der Waals surface area contributed by atoms with E-state index < -0.39 is 0 Å². The Balaban J connectivity index is 0.000000640. The topological polar surface area (TPSA) is 8.81 Å². The molecule has 0 N–H and O–H groups in total. The molecule has 0 aromatic carbocycles. The predicted octanol–water partition coefficient (Wildman–Crippen LogP) is 0.776. The van der Waals surface area contributed by atoms with E-state index in [4.69, 9.17) is 0 Å². The second kappa shape index (κ2) is 3.20. The van der Waals surface area contributed by atoms with Crippen LogP contribution in [0, 0.1) is 6.92 Å². The first-order chi connectivity index (χ1) is 3.70. The van der Waals surface area contributed by atoms with E-state index in [1.165, 1.54) is 5.69 Å². The maximum Gasteiger partial charge on any atom is 0.243 e. The number of aryl methyl sites for hydroxylation is 3. The van der Waals surface area contributed by atoms with Gasteiger partial charge in [-0.1, -0.05) is 0 Å². The zero-order valence-corrected chi connectivity index (χ0v) is 8.29. The van der Waals surface area contributed by atoms with Crippen LogP contribution in [0.25, 0.3) is 0 Å². The van der Waals surface area contributed by atoms with Crippen molar-refractivity contribution < 1.29 is 4.57 Å². The van der Waals surface area contributed by atoms with Crippen LogP contribution >= 0.6 is 24.0 Å². The average molecular weight is 239 g/mol. The monoisotopic (exact) mass is 239 g/mol. The van der Waals surface area contributed by atoms with Gasteiger partial charge in [0.25, 0.3) is 0 Å². The molecule has 9 heavy (non-hydrogen) atoms. The lowest BCUT2D eigenvalue weighted by Crippen LogP contribution is -2.27. The highest BCUT2D eigenvalue weighted by molar-refractivity contribution is 14.0. The van der Waals surface area contributed by atoms with Crippen molar-refractivity contribution >= 4 is 24.0 Å².